The van der Waals surface area contributed by atoms with Crippen LogP contribution in [0.5, 0.6) is 0 Å². The van der Waals surface area contributed by atoms with Crippen LogP contribution >= 0.6 is 12.2 Å². The van der Waals surface area contributed by atoms with E-state index in [1.54, 1.807) is 0 Å². The molecule has 3 N–H and O–H groups in total. The lowest BCUT2D eigenvalue weighted by Crippen LogP contribution is -2.35. The number of carbonyl (C=O) groups excluding carboxylic acids is 1. The lowest BCUT2D eigenvalue weighted by molar-refractivity contribution is -0.120. The third kappa shape index (κ3) is 3.62. The minimum Gasteiger partial charge on any atom is -0.393 e. The van der Waals surface area contributed by atoms with Gasteiger partial charge in [0.1, 0.15) is 0 Å². The van der Waals surface area contributed by atoms with Crippen LogP contribution in [0.3, 0.4) is 0 Å². The van der Waals surface area contributed by atoms with Gasteiger partial charge in [0.2, 0.25) is 5.91 Å². The van der Waals surface area contributed by atoms with Gasteiger partial charge in [0.05, 0.1) is 11.4 Å². The highest BCUT2D eigenvalue weighted by atomic mass is 32.1. The SMILES string of the molecule is CC1(CNC(=O)CC(N)=S)CCCC1. The van der Waals surface area contributed by atoms with Crippen LogP contribution in [0.1, 0.15) is 39.0 Å². The van der Waals surface area contributed by atoms with Gasteiger partial charge in [-0.1, -0.05) is 32.0 Å². The van der Waals surface area contributed by atoms with Crippen molar-refractivity contribution in [3.63, 3.8) is 0 Å². The van der Waals surface area contributed by atoms with E-state index in [1.807, 2.05) is 0 Å². The Morgan fingerprint density at radius 1 is 1.50 bits per heavy atom. The second kappa shape index (κ2) is 4.73. The molecule has 1 fully saturated rings. The number of thiocarbonyl (C=S) groups is 1. The highest BCUT2D eigenvalue weighted by molar-refractivity contribution is 7.80. The van der Waals surface area contributed by atoms with Gasteiger partial charge in [0.25, 0.3) is 0 Å². The molecule has 0 bridgehead atoms. The summed E-state index contributed by atoms with van der Waals surface area (Å²) in [6, 6.07) is 0. The van der Waals surface area contributed by atoms with Gasteiger partial charge in [-0.2, -0.15) is 0 Å². The van der Waals surface area contributed by atoms with Gasteiger partial charge in [-0.3, -0.25) is 4.79 Å². The summed E-state index contributed by atoms with van der Waals surface area (Å²) < 4.78 is 0. The van der Waals surface area contributed by atoms with E-state index in [1.165, 1.54) is 25.7 Å². The van der Waals surface area contributed by atoms with Crippen LogP contribution in [0.4, 0.5) is 0 Å². The predicted molar refractivity (Wildman–Crippen MR) is 61.0 cm³/mol. The molecule has 0 spiro atoms. The summed E-state index contributed by atoms with van der Waals surface area (Å²) in [5.41, 5.74) is 5.58. The number of hydrogen-bond donors (Lipinski definition) is 2. The van der Waals surface area contributed by atoms with Gasteiger partial charge in [-0.05, 0) is 18.3 Å². The molecule has 1 aliphatic carbocycles. The van der Waals surface area contributed by atoms with Gasteiger partial charge in [0.15, 0.2) is 0 Å². The summed E-state index contributed by atoms with van der Waals surface area (Å²) in [4.78, 5) is 11.5. The maximum absolute atomic E-state index is 11.3. The molecule has 0 heterocycles. The summed E-state index contributed by atoms with van der Waals surface area (Å²) >= 11 is 4.67. The Balaban J connectivity index is 2.25. The normalized spacial score (nSPS) is 19.2. The topological polar surface area (TPSA) is 55.1 Å². The molecule has 0 aromatic carbocycles. The van der Waals surface area contributed by atoms with Crippen molar-refractivity contribution in [1.82, 2.24) is 5.32 Å². The predicted octanol–water partition coefficient (Wildman–Crippen LogP) is 1.36. The molecule has 0 aliphatic heterocycles. The van der Waals surface area contributed by atoms with Crippen LogP contribution in [0.25, 0.3) is 0 Å². The van der Waals surface area contributed by atoms with Gasteiger partial charge >= 0.3 is 0 Å². The highest BCUT2D eigenvalue weighted by Crippen LogP contribution is 2.36. The van der Waals surface area contributed by atoms with Crippen LogP contribution < -0.4 is 11.1 Å². The second-order valence-electron chi connectivity index (χ2n) is 4.44. The van der Waals surface area contributed by atoms with Crippen molar-refractivity contribution < 1.29 is 4.79 Å². The molecule has 1 saturated carbocycles. The van der Waals surface area contributed by atoms with E-state index in [-0.39, 0.29) is 17.3 Å². The average molecular weight is 214 g/mol. The fourth-order valence-electron chi connectivity index (χ4n) is 1.94. The number of amides is 1. The van der Waals surface area contributed by atoms with Crippen LogP contribution in [0, 0.1) is 5.41 Å². The first-order valence-corrected chi connectivity index (χ1v) is 5.48. The minimum absolute atomic E-state index is 0.0503. The van der Waals surface area contributed by atoms with E-state index < -0.39 is 0 Å². The molecule has 3 nitrogen and oxygen atoms in total. The van der Waals surface area contributed by atoms with Crippen LogP contribution in [0.2, 0.25) is 0 Å². The number of carbonyl (C=O) groups is 1. The van der Waals surface area contributed by atoms with E-state index in [9.17, 15) is 4.79 Å². The van der Waals surface area contributed by atoms with Gasteiger partial charge in [-0.15, -0.1) is 0 Å². The van der Waals surface area contributed by atoms with Crippen molar-refractivity contribution in [3.05, 3.63) is 0 Å². The van der Waals surface area contributed by atoms with E-state index in [4.69, 9.17) is 5.73 Å². The first kappa shape index (κ1) is 11.4. The number of nitrogens with two attached hydrogens (primary N) is 1. The molecule has 1 rings (SSSR count). The van der Waals surface area contributed by atoms with Gasteiger partial charge in [0, 0.05) is 6.54 Å². The molecule has 4 heteroatoms. The molecule has 0 atom stereocenters. The Morgan fingerprint density at radius 2 is 2.07 bits per heavy atom. The molecule has 0 saturated heterocycles. The summed E-state index contributed by atoms with van der Waals surface area (Å²) in [6.45, 7) is 2.98. The van der Waals surface area contributed by atoms with Crippen LogP contribution in [-0.4, -0.2) is 17.4 Å². The first-order valence-electron chi connectivity index (χ1n) is 5.07. The molecule has 1 aliphatic rings. The monoisotopic (exact) mass is 214 g/mol. The third-order valence-corrected chi connectivity index (χ3v) is 3.00. The second-order valence-corrected chi connectivity index (χ2v) is 4.96. The summed E-state index contributed by atoms with van der Waals surface area (Å²) in [7, 11) is 0. The average Bonchev–Trinajstić information content (AvgIpc) is 2.49. The Morgan fingerprint density at radius 3 is 2.57 bits per heavy atom. The smallest absolute Gasteiger partial charge is 0.226 e. The molecule has 1 amide bonds. The quantitative estimate of drug-likeness (QED) is 0.695. The number of nitrogens with one attached hydrogen (secondary N) is 1. The lowest BCUT2D eigenvalue weighted by atomic mass is 9.89. The molecular weight excluding hydrogens is 196 g/mol. The largest absolute Gasteiger partial charge is 0.393 e. The third-order valence-electron chi connectivity index (χ3n) is 2.86. The molecule has 0 unspecified atom stereocenters. The maximum atomic E-state index is 11.3. The Labute approximate surface area is 90.4 Å². The van der Waals surface area contributed by atoms with E-state index >= 15 is 0 Å². The Hall–Kier alpha value is -0.640. The molecule has 14 heavy (non-hydrogen) atoms. The Kier molecular flexibility index (Phi) is 3.86. The van der Waals surface area contributed by atoms with Gasteiger partial charge in [-0.25, -0.2) is 0 Å². The van der Waals surface area contributed by atoms with Crippen LogP contribution in [-0.2, 0) is 4.79 Å². The fraction of sp³-hybridized carbons (Fsp3) is 0.800. The fourth-order valence-corrected chi connectivity index (χ4v) is 2.07. The van der Waals surface area contributed by atoms with Crippen molar-refractivity contribution in [3.8, 4) is 0 Å². The van der Waals surface area contributed by atoms with E-state index in [0.29, 0.717) is 5.41 Å². The molecule has 0 radical (unpaired) electrons. The zero-order chi connectivity index (χ0) is 10.6. The van der Waals surface area contributed by atoms with E-state index in [2.05, 4.69) is 24.5 Å². The van der Waals surface area contributed by atoms with Crippen LogP contribution in [0.15, 0.2) is 0 Å². The summed E-state index contributed by atoms with van der Waals surface area (Å²) in [5.74, 6) is -0.0503. The standard InChI is InChI=1S/C10H18N2OS/c1-10(4-2-3-5-10)7-12-9(13)6-8(11)14/h2-7H2,1H3,(H2,11,14)(H,12,13). The van der Waals surface area contributed by atoms with Crippen molar-refractivity contribution >= 4 is 23.1 Å². The molecule has 0 aromatic heterocycles. The molecule has 0 aromatic rings. The summed E-state index contributed by atoms with van der Waals surface area (Å²) in [5, 5.41) is 2.89. The molecular formula is C10H18N2OS. The van der Waals surface area contributed by atoms with Crippen molar-refractivity contribution in [1.29, 1.82) is 0 Å². The van der Waals surface area contributed by atoms with Crippen molar-refractivity contribution in [2.75, 3.05) is 6.54 Å². The van der Waals surface area contributed by atoms with Crippen molar-refractivity contribution in [2.45, 2.75) is 39.0 Å². The lowest BCUT2D eigenvalue weighted by Gasteiger charge is -2.23. The summed E-state index contributed by atoms with van der Waals surface area (Å²) in [6.07, 6.45) is 5.15. The number of rotatable bonds is 4. The zero-order valence-electron chi connectivity index (χ0n) is 8.64. The minimum atomic E-state index is -0.0503. The Bertz CT molecular complexity index is 234. The molecule has 80 valence electrons. The zero-order valence-corrected chi connectivity index (χ0v) is 9.45. The van der Waals surface area contributed by atoms with Crippen molar-refractivity contribution in [2.24, 2.45) is 11.1 Å². The first-order chi connectivity index (χ1) is 6.52. The highest BCUT2D eigenvalue weighted by Gasteiger charge is 2.28. The van der Waals surface area contributed by atoms with E-state index in [0.717, 1.165) is 6.54 Å². The number of hydrogen-bond acceptors (Lipinski definition) is 2. The van der Waals surface area contributed by atoms with Gasteiger partial charge < -0.3 is 11.1 Å². The maximum Gasteiger partial charge on any atom is 0.226 e.